The predicted octanol–water partition coefficient (Wildman–Crippen LogP) is 4.45. The van der Waals surface area contributed by atoms with E-state index in [4.69, 9.17) is 9.15 Å². The molecule has 166 valence electrons. The second-order valence-corrected chi connectivity index (χ2v) is 9.10. The fraction of sp³-hybridized carbons (Fsp3) is 0.320. The third-order valence-electron chi connectivity index (χ3n) is 5.35. The lowest BCUT2D eigenvalue weighted by atomic mass is 9.92. The maximum absolute atomic E-state index is 13.1. The molecule has 32 heavy (non-hydrogen) atoms. The van der Waals surface area contributed by atoms with E-state index in [1.165, 1.54) is 6.07 Å². The molecule has 0 atom stereocenters. The minimum Gasteiger partial charge on any atom is -0.490 e. The molecular weight excluding hydrogens is 408 g/mol. The molecule has 2 amide bonds. The fourth-order valence-corrected chi connectivity index (χ4v) is 3.69. The number of para-hydroxylation sites is 1. The van der Waals surface area contributed by atoms with Crippen LogP contribution >= 0.6 is 0 Å². The Bertz CT molecular complexity index is 1260. The summed E-state index contributed by atoms with van der Waals surface area (Å²) in [4.78, 5) is 39.9. The van der Waals surface area contributed by atoms with E-state index in [2.05, 4.69) is 19.2 Å². The minimum absolute atomic E-state index is 0.00416. The fourth-order valence-electron chi connectivity index (χ4n) is 3.69. The molecule has 0 spiro atoms. The number of hydrogen-bond acceptors (Lipinski definition) is 5. The van der Waals surface area contributed by atoms with Crippen molar-refractivity contribution in [3.05, 3.63) is 64.5 Å². The van der Waals surface area contributed by atoms with Crippen LogP contribution in [0, 0.1) is 11.3 Å². The van der Waals surface area contributed by atoms with Gasteiger partial charge in [0.2, 0.25) is 5.91 Å². The lowest BCUT2D eigenvalue weighted by Gasteiger charge is -2.29. The molecule has 7 nitrogen and oxygen atoms in total. The molecule has 0 aliphatic carbocycles. The van der Waals surface area contributed by atoms with Crippen LogP contribution in [0.3, 0.4) is 0 Å². The van der Waals surface area contributed by atoms with Gasteiger partial charge in [-0.2, -0.15) is 0 Å². The average molecular weight is 434 g/mol. The highest BCUT2D eigenvalue weighted by Crippen LogP contribution is 2.38. The normalized spacial score (nSPS) is 15.3. The molecule has 0 saturated carbocycles. The quantitative estimate of drug-likeness (QED) is 0.613. The molecule has 3 aromatic rings. The van der Waals surface area contributed by atoms with Gasteiger partial charge in [0.05, 0.1) is 11.1 Å². The average Bonchev–Trinajstić information content (AvgIpc) is 2.83. The Labute approximate surface area is 186 Å². The monoisotopic (exact) mass is 434 g/mol. The number of carbonyl (C=O) groups excluding carboxylic acids is 2. The summed E-state index contributed by atoms with van der Waals surface area (Å²) < 4.78 is 11.2. The Morgan fingerprint density at radius 2 is 1.88 bits per heavy atom. The van der Waals surface area contributed by atoms with Gasteiger partial charge in [-0.15, -0.1) is 0 Å². The highest BCUT2D eigenvalue weighted by atomic mass is 16.5. The molecule has 1 aliphatic heterocycles. The van der Waals surface area contributed by atoms with Gasteiger partial charge in [-0.25, -0.2) is 4.79 Å². The van der Waals surface area contributed by atoms with E-state index in [0.717, 1.165) is 0 Å². The first-order valence-corrected chi connectivity index (χ1v) is 10.6. The highest BCUT2D eigenvalue weighted by molar-refractivity contribution is 6.06. The maximum Gasteiger partial charge on any atom is 0.349 e. The lowest BCUT2D eigenvalue weighted by Crippen LogP contribution is -2.43. The first-order chi connectivity index (χ1) is 15.2. The first kappa shape index (κ1) is 21.6. The zero-order chi connectivity index (χ0) is 23.0. The van der Waals surface area contributed by atoms with E-state index in [0.29, 0.717) is 34.6 Å². The van der Waals surface area contributed by atoms with Gasteiger partial charge in [-0.3, -0.25) is 9.59 Å². The highest BCUT2D eigenvalue weighted by Gasteiger charge is 2.38. The van der Waals surface area contributed by atoms with E-state index in [-0.39, 0.29) is 24.0 Å². The molecule has 1 aliphatic rings. The van der Waals surface area contributed by atoms with Crippen molar-refractivity contribution in [1.29, 1.82) is 0 Å². The van der Waals surface area contributed by atoms with Crippen LogP contribution in [0.1, 0.15) is 38.1 Å². The van der Waals surface area contributed by atoms with Crippen LogP contribution in [0.5, 0.6) is 5.75 Å². The summed E-state index contributed by atoms with van der Waals surface area (Å²) in [5, 5.41) is 3.40. The molecule has 2 aromatic carbocycles. The van der Waals surface area contributed by atoms with Crippen LogP contribution < -0.4 is 20.6 Å². The van der Waals surface area contributed by atoms with Crippen LogP contribution in [0.25, 0.3) is 11.0 Å². The smallest absolute Gasteiger partial charge is 0.349 e. The number of carbonyl (C=O) groups is 2. The molecule has 0 saturated heterocycles. The summed E-state index contributed by atoms with van der Waals surface area (Å²) in [6.07, 6.45) is 0. The Hall–Kier alpha value is -3.61. The van der Waals surface area contributed by atoms with Crippen molar-refractivity contribution in [3.8, 4) is 5.75 Å². The van der Waals surface area contributed by atoms with Crippen molar-refractivity contribution < 1.29 is 18.7 Å². The summed E-state index contributed by atoms with van der Waals surface area (Å²) in [7, 11) is 0. The van der Waals surface area contributed by atoms with Crippen molar-refractivity contribution in [2.45, 2.75) is 27.7 Å². The van der Waals surface area contributed by atoms with Gasteiger partial charge in [0.1, 0.15) is 23.5 Å². The molecule has 0 fully saturated rings. The summed E-state index contributed by atoms with van der Waals surface area (Å²) >= 11 is 0. The Morgan fingerprint density at radius 3 is 2.62 bits per heavy atom. The van der Waals surface area contributed by atoms with Gasteiger partial charge in [-0.1, -0.05) is 32.0 Å². The number of ether oxygens (including phenoxy) is 1. The third kappa shape index (κ3) is 4.10. The van der Waals surface area contributed by atoms with Gasteiger partial charge >= 0.3 is 5.63 Å². The zero-order valence-corrected chi connectivity index (χ0v) is 18.6. The van der Waals surface area contributed by atoms with Crippen LogP contribution in [0.2, 0.25) is 0 Å². The SMILES string of the molecule is CC(C)CN1C(=O)C(C)(C)COc2cc(NC(=O)c3cc4ccccc4oc3=O)ccc21. The second-order valence-electron chi connectivity index (χ2n) is 9.10. The molecule has 7 heteroatoms. The van der Waals surface area contributed by atoms with Crippen molar-refractivity contribution in [2.75, 3.05) is 23.4 Å². The van der Waals surface area contributed by atoms with Crippen LogP contribution in [0.4, 0.5) is 11.4 Å². The van der Waals surface area contributed by atoms with E-state index in [9.17, 15) is 14.4 Å². The summed E-state index contributed by atoms with van der Waals surface area (Å²) in [5.74, 6) is 0.198. The standard InChI is InChI=1S/C25H26N2O5/c1-15(2)13-27-19-10-9-17(12-21(19)31-14-25(3,4)24(27)30)26-22(28)18-11-16-7-5-6-8-20(16)32-23(18)29/h5-12,15H,13-14H2,1-4H3,(H,26,28). The van der Waals surface area contributed by atoms with Gasteiger partial charge in [0.15, 0.2) is 0 Å². The largest absolute Gasteiger partial charge is 0.490 e. The number of benzene rings is 2. The lowest BCUT2D eigenvalue weighted by molar-refractivity contribution is -0.127. The number of anilines is 2. The molecule has 4 rings (SSSR count). The van der Waals surface area contributed by atoms with Gasteiger partial charge in [0, 0.05) is 23.7 Å². The molecule has 0 unspecified atom stereocenters. The van der Waals surface area contributed by atoms with E-state index < -0.39 is 16.9 Å². The van der Waals surface area contributed by atoms with Crippen molar-refractivity contribution in [3.63, 3.8) is 0 Å². The molecular formula is C25H26N2O5. The van der Waals surface area contributed by atoms with Crippen LogP contribution in [-0.2, 0) is 4.79 Å². The third-order valence-corrected chi connectivity index (χ3v) is 5.35. The number of nitrogens with zero attached hydrogens (tertiary/aromatic N) is 1. The van der Waals surface area contributed by atoms with Crippen LogP contribution in [0.15, 0.2) is 57.7 Å². The molecule has 0 radical (unpaired) electrons. The first-order valence-electron chi connectivity index (χ1n) is 10.6. The zero-order valence-electron chi connectivity index (χ0n) is 18.6. The van der Waals surface area contributed by atoms with E-state index in [1.54, 1.807) is 47.4 Å². The Balaban J connectivity index is 1.65. The number of hydrogen-bond donors (Lipinski definition) is 1. The summed E-state index contributed by atoms with van der Waals surface area (Å²) in [5.41, 5.74) is 0.0712. The number of nitrogens with one attached hydrogen (secondary N) is 1. The van der Waals surface area contributed by atoms with Crippen molar-refractivity contribution in [1.82, 2.24) is 0 Å². The Kier molecular flexibility index (Phi) is 5.50. The molecule has 1 aromatic heterocycles. The summed E-state index contributed by atoms with van der Waals surface area (Å²) in [6, 6.07) is 13.7. The second kappa shape index (κ2) is 8.15. The molecule has 2 heterocycles. The Morgan fingerprint density at radius 1 is 1.12 bits per heavy atom. The van der Waals surface area contributed by atoms with E-state index in [1.807, 2.05) is 13.8 Å². The molecule has 0 bridgehead atoms. The summed E-state index contributed by atoms with van der Waals surface area (Å²) in [6.45, 7) is 8.60. The van der Waals surface area contributed by atoms with Crippen molar-refractivity contribution >= 4 is 34.2 Å². The van der Waals surface area contributed by atoms with Crippen LogP contribution in [-0.4, -0.2) is 25.0 Å². The van der Waals surface area contributed by atoms with E-state index >= 15 is 0 Å². The van der Waals surface area contributed by atoms with Gasteiger partial charge in [0.25, 0.3) is 5.91 Å². The predicted molar refractivity (Wildman–Crippen MR) is 123 cm³/mol. The topological polar surface area (TPSA) is 88.8 Å². The van der Waals surface area contributed by atoms with Gasteiger partial charge < -0.3 is 19.4 Å². The number of amides is 2. The number of fused-ring (bicyclic) bond motifs is 2. The molecule has 1 N–H and O–H groups in total. The van der Waals surface area contributed by atoms with Gasteiger partial charge in [-0.05, 0) is 44.0 Å². The number of rotatable bonds is 4. The minimum atomic E-state index is -0.706. The maximum atomic E-state index is 13.1. The van der Waals surface area contributed by atoms with Crippen molar-refractivity contribution in [2.24, 2.45) is 11.3 Å².